The van der Waals surface area contributed by atoms with Crippen molar-refractivity contribution in [1.29, 1.82) is 0 Å². The van der Waals surface area contributed by atoms with Crippen LogP contribution in [0.1, 0.15) is 47.6 Å². The van der Waals surface area contributed by atoms with Gasteiger partial charge < -0.3 is 14.4 Å². The Hall–Kier alpha value is -3.65. The summed E-state index contributed by atoms with van der Waals surface area (Å²) in [5, 5.41) is 0. The van der Waals surface area contributed by atoms with Gasteiger partial charge in [0.1, 0.15) is 0 Å². The number of nitrogens with zero attached hydrogens (tertiary/aromatic N) is 2. The minimum absolute atomic E-state index is 0.0588. The fraction of sp³-hybridized carbons (Fsp3) is 0.440. The summed E-state index contributed by atoms with van der Waals surface area (Å²) in [6, 6.07) is 2.52. The molecule has 0 saturated carbocycles. The highest BCUT2D eigenvalue weighted by Crippen LogP contribution is 2.45. The van der Waals surface area contributed by atoms with Crippen molar-refractivity contribution in [2.24, 2.45) is 0 Å². The number of anilines is 1. The van der Waals surface area contributed by atoms with E-state index in [2.05, 4.69) is 4.74 Å². The van der Waals surface area contributed by atoms with Crippen LogP contribution in [0.4, 0.5) is 54.8 Å². The van der Waals surface area contributed by atoms with Crippen molar-refractivity contribution in [2.75, 3.05) is 25.2 Å². The quantitative estimate of drug-likeness (QED) is 0.342. The van der Waals surface area contributed by atoms with Crippen LogP contribution in [-0.4, -0.2) is 43.4 Å². The number of hydrogen-bond donors (Lipinski definition) is 0. The maximum Gasteiger partial charge on any atom is 0.416 e. The fourth-order valence-electron chi connectivity index (χ4n) is 4.51. The summed E-state index contributed by atoms with van der Waals surface area (Å²) >= 11 is 0. The van der Waals surface area contributed by atoms with Gasteiger partial charge in [-0.05, 0) is 55.3 Å². The number of benzene rings is 2. The number of rotatable bonds is 5. The lowest BCUT2D eigenvalue weighted by atomic mass is 9.94. The van der Waals surface area contributed by atoms with Gasteiger partial charge in [-0.25, -0.2) is 9.59 Å². The summed E-state index contributed by atoms with van der Waals surface area (Å²) in [4.78, 5) is 27.0. The topological polar surface area (TPSA) is 59.1 Å². The maximum absolute atomic E-state index is 13.4. The first-order valence-electron chi connectivity index (χ1n) is 11.7. The van der Waals surface area contributed by atoms with Crippen molar-refractivity contribution in [2.45, 2.75) is 50.9 Å². The number of carbonyl (C=O) groups excluding carboxylic acids is 2. The molecule has 2 atom stereocenters. The third kappa shape index (κ3) is 6.55. The summed E-state index contributed by atoms with van der Waals surface area (Å²) < 4.78 is 130. The van der Waals surface area contributed by atoms with Gasteiger partial charge in [-0.1, -0.05) is 6.07 Å². The molecular formula is C25H23F9N2O4. The van der Waals surface area contributed by atoms with Crippen LogP contribution in [0, 0.1) is 0 Å². The van der Waals surface area contributed by atoms with E-state index in [4.69, 9.17) is 4.74 Å². The smallest absolute Gasteiger partial charge is 0.416 e. The molecule has 1 aliphatic rings. The largest absolute Gasteiger partial charge is 0.453 e. The van der Waals surface area contributed by atoms with Crippen LogP contribution in [0.15, 0.2) is 36.4 Å². The molecule has 0 unspecified atom stereocenters. The van der Waals surface area contributed by atoms with Crippen LogP contribution < -0.4 is 4.90 Å². The molecule has 3 rings (SSSR count). The van der Waals surface area contributed by atoms with E-state index in [-0.39, 0.29) is 23.9 Å². The summed E-state index contributed by atoms with van der Waals surface area (Å²) in [6.45, 7) is 1.63. The summed E-state index contributed by atoms with van der Waals surface area (Å²) in [7, 11) is 0.940. The average molecular weight is 586 g/mol. The Balaban J connectivity index is 2.05. The predicted molar refractivity (Wildman–Crippen MR) is 122 cm³/mol. The molecule has 0 N–H and O–H groups in total. The van der Waals surface area contributed by atoms with Gasteiger partial charge in [-0.2, -0.15) is 39.5 Å². The van der Waals surface area contributed by atoms with Crippen LogP contribution in [0.5, 0.6) is 0 Å². The fourth-order valence-corrected chi connectivity index (χ4v) is 4.51. The van der Waals surface area contributed by atoms with Crippen LogP contribution >= 0.6 is 0 Å². The first-order chi connectivity index (χ1) is 18.4. The molecule has 0 radical (unpaired) electrons. The molecule has 1 aliphatic heterocycles. The van der Waals surface area contributed by atoms with E-state index in [1.165, 1.54) is 13.8 Å². The van der Waals surface area contributed by atoms with E-state index >= 15 is 0 Å². The average Bonchev–Trinajstić information content (AvgIpc) is 3.11. The summed E-state index contributed by atoms with van der Waals surface area (Å²) in [5.41, 5.74) is -4.74. The molecular weight excluding hydrogens is 563 g/mol. The van der Waals surface area contributed by atoms with Crippen molar-refractivity contribution in [3.8, 4) is 0 Å². The highest BCUT2D eigenvalue weighted by Gasteiger charge is 2.44. The van der Waals surface area contributed by atoms with Gasteiger partial charge in [-0.3, -0.25) is 4.90 Å². The van der Waals surface area contributed by atoms with Gasteiger partial charge in [0.2, 0.25) is 0 Å². The molecule has 15 heteroatoms. The third-order valence-corrected chi connectivity index (χ3v) is 6.34. The van der Waals surface area contributed by atoms with Crippen LogP contribution in [-0.2, 0) is 34.5 Å². The monoisotopic (exact) mass is 586 g/mol. The van der Waals surface area contributed by atoms with Crippen LogP contribution in [0.2, 0.25) is 0 Å². The lowest BCUT2D eigenvalue weighted by Crippen LogP contribution is -2.42. The van der Waals surface area contributed by atoms with Gasteiger partial charge in [0.15, 0.2) is 0 Å². The van der Waals surface area contributed by atoms with Crippen molar-refractivity contribution < 1.29 is 58.6 Å². The van der Waals surface area contributed by atoms with E-state index in [9.17, 15) is 49.1 Å². The zero-order chi connectivity index (χ0) is 30.2. The van der Waals surface area contributed by atoms with Crippen molar-refractivity contribution in [3.63, 3.8) is 0 Å². The number of alkyl halides is 9. The highest BCUT2D eigenvalue weighted by atomic mass is 19.4. The Morgan fingerprint density at radius 1 is 0.875 bits per heavy atom. The first-order valence-corrected chi connectivity index (χ1v) is 11.7. The highest BCUT2D eigenvalue weighted by molar-refractivity contribution is 5.92. The number of amides is 2. The second kappa shape index (κ2) is 11.1. The van der Waals surface area contributed by atoms with Crippen molar-refractivity contribution in [3.05, 3.63) is 64.2 Å². The summed E-state index contributed by atoms with van der Waals surface area (Å²) in [5.74, 6) is -0.909. The van der Waals surface area contributed by atoms with Crippen LogP contribution in [0.3, 0.4) is 0 Å². The second-order valence-electron chi connectivity index (χ2n) is 8.95. The Labute approximate surface area is 222 Å². The first kappa shape index (κ1) is 30.9. The molecule has 0 fully saturated rings. The Morgan fingerprint density at radius 2 is 1.43 bits per heavy atom. The molecule has 0 spiro atoms. The lowest BCUT2D eigenvalue weighted by Gasteiger charge is -2.29. The summed E-state index contributed by atoms with van der Waals surface area (Å²) in [6.07, 6.45) is -17.1. The minimum atomic E-state index is -5.12. The number of fused-ring (bicyclic) bond motifs is 1. The molecule has 2 amide bonds. The number of methoxy groups -OCH3 is 1. The molecule has 2 aromatic rings. The van der Waals surface area contributed by atoms with E-state index in [1.807, 2.05) is 0 Å². The molecule has 0 aromatic heterocycles. The zero-order valence-corrected chi connectivity index (χ0v) is 21.2. The van der Waals surface area contributed by atoms with Gasteiger partial charge >= 0.3 is 30.7 Å². The molecule has 220 valence electrons. The maximum atomic E-state index is 13.4. The number of halogens is 9. The second-order valence-corrected chi connectivity index (χ2v) is 8.95. The lowest BCUT2D eigenvalue weighted by molar-refractivity contribution is -0.143. The van der Waals surface area contributed by atoms with Gasteiger partial charge in [0.05, 0.1) is 36.1 Å². The standard InChI is InChI=1S/C25H23F9N2O4/c1-4-40-22(38)36-13(2)19(18-6-5-15(10-20(18)36)23(26,27)28)12-35(21(37)39-3)11-14-7-16(24(29,30)31)9-17(8-14)25(32,33)34/h5-10,13,19H,4,11-12H2,1-3H3/t13-,19+/m1/s1. The van der Waals surface area contributed by atoms with E-state index in [0.717, 1.165) is 35.1 Å². The van der Waals surface area contributed by atoms with E-state index in [1.54, 1.807) is 0 Å². The molecule has 40 heavy (non-hydrogen) atoms. The molecule has 0 saturated heterocycles. The van der Waals surface area contributed by atoms with Crippen molar-refractivity contribution >= 4 is 17.9 Å². The zero-order valence-electron chi connectivity index (χ0n) is 21.2. The molecule has 0 aliphatic carbocycles. The Morgan fingerprint density at radius 3 is 1.90 bits per heavy atom. The number of hydrogen-bond acceptors (Lipinski definition) is 4. The Kier molecular flexibility index (Phi) is 8.56. The third-order valence-electron chi connectivity index (χ3n) is 6.34. The van der Waals surface area contributed by atoms with Gasteiger partial charge in [0, 0.05) is 25.0 Å². The molecule has 6 nitrogen and oxygen atoms in total. The van der Waals surface area contributed by atoms with Crippen molar-refractivity contribution in [1.82, 2.24) is 4.90 Å². The Bertz CT molecular complexity index is 1230. The van der Waals surface area contributed by atoms with E-state index in [0.29, 0.717) is 12.1 Å². The van der Waals surface area contributed by atoms with E-state index < -0.39 is 78.0 Å². The molecule has 2 aromatic carbocycles. The number of ether oxygens (including phenoxy) is 2. The van der Waals surface area contributed by atoms with Gasteiger partial charge in [0.25, 0.3) is 0 Å². The number of carbonyl (C=O) groups is 2. The minimum Gasteiger partial charge on any atom is -0.453 e. The molecule has 0 bridgehead atoms. The normalized spacial score (nSPS) is 17.4. The van der Waals surface area contributed by atoms with Crippen LogP contribution in [0.25, 0.3) is 0 Å². The molecule has 1 heterocycles. The SMILES string of the molecule is CCOC(=O)N1c2cc(C(F)(F)F)ccc2[C@@H](CN(Cc2cc(C(F)(F)F)cc(C(F)(F)F)c2)C(=O)OC)[C@H]1C. The van der Waals surface area contributed by atoms with Gasteiger partial charge in [-0.15, -0.1) is 0 Å². The predicted octanol–water partition coefficient (Wildman–Crippen LogP) is 7.46.